The molecule has 0 aliphatic heterocycles. The molecule has 1 aromatic rings. The van der Waals surface area contributed by atoms with Crippen molar-refractivity contribution >= 4 is 0 Å². The minimum Gasteiger partial charge on any atom is -0.0499 e. The smallest absolute Gasteiger partial charge is 0.0151 e. The van der Waals surface area contributed by atoms with E-state index in [4.69, 9.17) is 0 Å². The van der Waals surface area contributed by atoms with Crippen LogP contribution >= 0.6 is 0 Å². The van der Waals surface area contributed by atoms with Crippen LogP contribution in [0.1, 0.15) is 71.4 Å². The Bertz CT molecular complexity index is 548. The van der Waals surface area contributed by atoms with Crippen LogP contribution in [0, 0.1) is 58.3 Å². The van der Waals surface area contributed by atoms with Crippen LogP contribution < -0.4 is 0 Å². The second kappa shape index (κ2) is 4.61. The normalized spacial score (nSPS) is 37.3. The zero-order valence-electron chi connectivity index (χ0n) is 14.4. The molecule has 0 spiro atoms. The Balaban J connectivity index is 1.73. The zero-order valence-corrected chi connectivity index (χ0v) is 14.4. The molecule has 3 aliphatic carbocycles. The molecule has 0 amide bonds. The van der Waals surface area contributed by atoms with Gasteiger partial charge in [-0.3, -0.25) is 0 Å². The van der Waals surface area contributed by atoms with Crippen LogP contribution in [-0.4, -0.2) is 0 Å². The lowest BCUT2D eigenvalue weighted by molar-refractivity contribution is 0.259. The van der Waals surface area contributed by atoms with Gasteiger partial charge in [-0.15, -0.1) is 0 Å². The summed E-state index contributed by atoms with van der Waals surface area (Å²) in [6.45, 7) is 11.7. The van der Waals surface area contributed by atoms with Crippen LogP contribution in [0.2, 0.25) is 0 Å². The second-order valence-corrected chi connectivity index (χ2v) is 8.37. The molecular formula is C21H30. The minimum absolute atomic E-state index is 0.862. The van der Waals surface area contributed by atoms with Crippen LogP contribution in [0.4, 0.5) is 0 Å². The third-order valence-corrected chi connectivity index (χ3v) is 7.85. The van der Waals surface area contributed by atoms with Crippen molar-refractivity contribution in [2.24, 2.45) is 23.7 Å². The number of fused-ring (bicyclic) bond motifs is 5. The molecule has 114 valence electrons. The van der Waals surface area contributed by atoms with Crippen molar-refractivity contribution in [2.45, 2.75) is 72.6 Å². The number of rotatable bonds is 1. The lowest BCUT2D eigenvalue weighted by Gasteiger charge is -2.24. The summed E-state index contributed by atoms with van der Waals surface area (Å²) in [7, 11) is 0. The maximum atomic E-state index is 2.38. The van der Waals surface area contributed by atoms with E-state index in [1.54, 1.807) is 47.1 Å². The molecule has 1 aromatic carbocycles. The highest BCUT2D eigenvalue weighted by Crippen LogP contribution is 2.62. The molecule has 3 fully saturated rings. The van der Waals surface area contributed by atoms with Crippen LogP contribution in [0.3, 0.4) is 0 Å². The highest BCUT2D eigenvalue weighted by Gasteiger charge is 2.52. The van der Waals surface area contributed by atoms with E-state index in [1.165, 1.54) is 18.4 Å². The Morgan fingerprint density at radius 2 is 1.00 bits per heavy atom. The first-order valence-corrected chi connectivity index (χ1v) is 9.05. The van der Waals surface area contributed by atoms with E-state index in [9.17, 15) is 0 Å². The summed E-state index contributed by atoms with van der Waals surface area (Å²) >= 11 is 0. The fourth-order valence-electron chi connectivity index (χ4n) is 6.39. The number of hydrogen-bond donors (Lipinski definition) is 0. The van der Waals surface area contributed by atoms with Gasteiger partial charge in [0.05, 0.1) is 0 Å². The fraction of sp³-hybridized carbons (Fsp3) is 0.714. The fourth-order valence-corrected chi connectivity index (χ4v) is 6.39. The standard InChI is InChI=1S/C21H30/c1-11-12(2)14(4)21(15(5)13(11)3)18-9-19-16-6-7-17(8-16)20(19)10-18/h16-20H,6-10H2,1-5H3. The van der Waals surface area contributed by atoms with Crippen molar-refractivity contribution in [3.8, 4) is 0 Å². The molecule has 0 heterocycles. The summed E-state index contributed by atoms with van der Waals surface area (Å²) in [6.07, 6.45) is 7.65. The van der Waals surface area contributed by atoms with E-state index in [0.717, 1.165) is 29.6 Å². The molecule has 0 N–H and O–H groups in total. The quantitative estimate of drug-likeness (QED) is 0.613. The van der Waals surface area contributed by atoms with Crippen molar-refractivity contribution in [1.29, 1.82) is 0 Å². The van der Waals surface area contributed by atoms with E-state index in [0.29, 0.717) is 0 Å². The first kappa shape index (κ1) is 13.9. The predicted molar refractivity (Wildman–Crippen MR) is 89.9 cm³/mol. The van der Waals surface area contributed by atoms with Gasteiger partial charge in [-0.2, -0.15) is 0 Å². The monoisotopic (exact) mass is 282 g/mol. The van der Waals surface area contributed by atoms with Gasteiger partial charge in [0.2, 0.25) is 0 Å². The molecule has 4 atom stereocenters. The molecule has 0 aromatic heterocycles. The average Bonchev–Trinajstić information content (AvgIpc) is 3.15. The van der Waals surface area contributed by atoms with E-state index in [2.05, 4.69) is 34.6 Å². The summed E-state index contributed by atoms with van der Waals surface area (Å²) in [4.78, 5) is 0. The van der Waals surface area contributed by atoms with Gasteiger partial charge in [0.1, 0.15) is 0 Å². The largest absolute Gasteiger partial charge is 0.0499 e. The van der Waals surface area contributed by atoms with Gasteiger partial charge >= 0.3 is 0 Å². The van der Waals surface area contributed by atoms with Crippen molar-refractivity contribution in [1.82, 2.24) is 0 Å². The van der Waals surface area contributed by atoms with Crippen LogP contribution in [-0.2, 0) is 0 Å². The maximum absolute atomic E-state index is 2.38. The summed E-state index contributed by atoms with van der Waals surface area (Å²) in [5, 5.41) is 0. The Kier molecular flexibility index (Phi) is 3.04. The Morgan fingerprint density at radius 1 is 0.571 bits per heavy atom. The highest BCUT2D eigenvalue weighted by molar-refractivity contribution is 5.51. The van der Waals surface area contributed by atoms with Gasteiger partial charge in [0.25, 0.3) is 0 Å². The molecule has 0 saturated heterocycles. The van der Waals surface area contributed by atoms with Gasteiger partial charge in [0.15, 0.2) is 0 Å². The molecule has 0 nitrogen and oxygen atoms in total. The minimum atomic E-state index is 0.862. The van der Waals surface area contributed by atoms with Gasteiger partial charge in [-0.25, -0.2) is 0 Å². The Labute approximate surface area is 130 Å². The molecule has 2 bridgehead atoms. The second-order valence-electron chi connectivity index (χ2n) is 8.37. The third-order valence-electron chi connectivity index (χ3n) is 7.85. The van der Waals surface area contributed by atoms with Crippen LogP contribution in [0.25, 0.3) is 0 Å². The summed E-state index contributed by atoms with van der Waals surface area (Å²) in [5.74, 6) is 5.21. The topological polar surface area (TPSA) is 0 Å². The molecule has 4 rings (SSSR count). The summed E-state index contributed by atoms with van der Waals surface area (Å²) < 4.78 is 0. The maximum Gasteiger partial charge on any atom is -0.0151 e. The Hall–Kier alpha value is -0.780. The third kappa shape index (κ3) is 1.80. The van der Waals surface area contributed by atoms with Crippen molar-refractivity contribution in [3.05, 3.63) is 33.4 Å². The van der Waals surface area contributed by atoms with Crippen LogP contribution in [0.5, 0.6) is 0 Å². The van der Waals surface area contributed by atoms with Gasteiger partial charge in [0, 0.05) is 0 Å². The van der Waals surface area contributed by atoms with Gasteiger partial charge in [-0.05, 0) is 130 Å². The van der Waals surface area contributed by atoms with Crippen molar-refractivity contribution < 1.29 is 0 Å². The van der Waals surface area contributed by atoms with Crippen molar-refractivity contribution in [2.75, 3.05) is 0 Å². The first-order chi connectivity index (χ1) is 9.99. The van der Waals surface area contributed by atoms with Gasteiger partial charge < -0.3 is 0 Å². The zero-order chi connectivity index (χ0) is 14.9. The van der Waals surface area contributed by atoms with E-state index in [1.807, 2.05) is 0 Å². The molecule has 3 saturated carbocycles. The predicted octanol–water partition coefficient (Wildman–Crippen LogP) is 5.77. The molecule has 21 heavy (non-hydrogen) atoms. The average molecular weight is 282 g/mol. The molecular weight excluding hydrogens is 252 g/mol. The number of hydrogen-bond acceptors (Lipinski definition) is 0. The summed E-state index contributed by atoms with van der Waals surface area (Å²) in [6, 6.07) is 0. The number of benzene rings is 1. The SMILES string of the molecule is Cc1c(C)c(C)c(C2CC3C4CCC(C4)C3C2)c(C)c1C. The molecule has 0 heteroatoms. The van der Waals surface area contributed by atoms with E-state index in [-0.39, 0.29) is 0 Å². The van der Waals surface area contributed by atoms with Crippen LogP contribution in [0.15, 0.2) is 0 Å². The lowest BCUT2D eigenvalue weighted by Crippen LogP contribution is -2.15. The van der Waals surface area contributed by atoms with Crippen molar-refractivity contribution in [3.63, 3.8) is 0 Å². The highest BCUT2D eigenvalue weighted by atomic mass is 14.6. The molecule has 4 unspecified atom stereocenters. The van der Waals surface area contributed by atoms with Gasteiger partial charge in [-0.1, -0.05) is 0 Å². The first-order valence-electron chi connectivity index (χ1n) is 9.05. The Morgan fingerprint density at radius 3 is 1.48 bits per heavy atom. The van der Waals surface area contributed by atoms with E-state index >= 15 is 0 Å². The van der Waals surface area contributed by atoms with E-state index < -0.39 is 0 Å². The molecule has 3 aliphatic rings. The lowest BCUT2D eigenvalue weighted by atomic mass is 9.81. The summed E-state index contributed by atoms with van der Waals surface area (Å²) in [5.41, 5.74) is 9.57. The molecule has 0 radical (unpaired) electrons.